The molecule has 116 valence electrons. The van der Waals surface area contributed by atoms with Crippen LogP contribution in [-0.2, 0) is 4.79 Å². The van der Waals surface area contributed by atoms with Gasteiger partial charge in [0.1, 0.15) is 0 Å². The number of halogens is 1. The van der Waals surface area contributed by atoms with Gasteiger partial charge in [0.05, 0.1) is 0 Å². The Bertz CT molecular complexity index is 456. The fourth-order valence-electron chi connectivity index (χ4n) is 2.80. The first-order valence-electron chi connectivity index (χ1n) is 7.99. The van der Waals surface area contributed by atoms with E-state index >= 15 is 0 Å². The lowest BCUT2D eigenvalue weighted by Gasteiger charge is -2.33. The molecule has 21 heavy (non-hydrogen) atoms. The van der Waals surface area contributed by atoms with Crippen LogP contribution in [0.15, 0.2) is 24.3 Å². The summed E-state index contributed by atoms with van der Waals surface area (Å²) in [5.41, 5.74) is 1.16. The van der Waals surface area contributed by atoms with E-state index in [0.717, 1.165) is 49.6 Å². The van der Waals surface area contributed by atoms with Crippen molar-refractivity contribution in [2.45, 2.75) is 39.0 Å². The molecule has 1 aliphatic rings. The number of hydrogen-bond acceptors (Lipinski definition) is 2. The summed E-state index contributed by atoms with van der Waals surface area (Å²) >= 11 is 6.04. The second-order valence-electron chi connectivity index (χ2n) is 5.74. The molecule has 1 aromatic rings. The average molecular weight is 309 g/mol. The van der Waals surface area contributed by atoms with Crippen LogP contribution in [-0.4, -0.2) is 25.5 Å². The van der Waals surface area contributed by atoms with Crippen molar-refractivity contribution in [1.82, 2.24) is 5.32 Å². The van der Waals surface area contributed by atoms with E-state index in [2.05, 4.69) is 23.2 Å². The molecule has 0 radical (unpaired) electrons. The zero-order valence-electron chi connectivity index (χ0n) is 12.8. The fraction of sp³-hybridized carbons (Fsp3) is 0.588. The summed E-state index contributed by atoms with van der Waals surface area (Å²) in [6, 6.07) is 7.94. The summed E-state index contributed by atoms with van der Waals surface area (Å²) in [4.78, 5) is 14.4. The number of rotatable bonds is 6. The molecule has 1 aliphatic heterocycles. The highest BCUT2D eigenvalue weighted by atomic mass is 35.5. The number of unbranched alkanes of at least 4 members (excludes halogenated alkanes) is 2. The van der Waals surface area contributed by atoms with Gasteiger partial charge in [0.2, 0.25) is 5.91 Å². The largest absolute Gasteiger partial charge is 0.371 e. The lowest BCUT2D eigenvalue weighted by atomic mass is 9.95. The number of amides is 1. The standard InChI is InChI=1S/C17H25ClN2O/c1-2-3-4-10-19-17(21)14-8-11-20(12-9-14)16-7-5-6-15(18)13-16/h5-7,13-14H,2-4,8-12H2,1H3,(H,19,21). The minimum absolute atomic E-state index is 0.169. The SMILES string of the molecule is CCCCCNC(=O)C1CCN(c2cccc(Cl)c2)CC1. The summed E-state index contributed by atoms with van der Waals surface area (Å²) in [6.45, 7) is 4.84. The van der Waals surface area contributed by atoms with Crippen molar-refractivity contribution in [2.75, 3.05) is 24.5 Å². The predicted octanol–water partition coefficient (Wildman–Crippen LogP) is 3.86. The number of piperidine rings is 1. The van der Waals surface area contributed by atoms with Crippen molar-refractivity contribution < 1.29 is 4.79 Å². The van der Waals surface area contributed by atoms with Crippen LogP contribution in [0.1, 0.15) is 39.0 Å². The van der Waals surface area contributed by atoms with Crippen LogP contribution in [0.5, 0.6) is 0 Å². The number of nitrogens with one attached hydrogen (secondary N) is 1. The third-order valence-electron chi connectivity index (χ3n) is 4.12. The van der Waals surface area contributed by atoms with Crippen LogP contribution in [0.3, 0.4) is 0 Å². The van der Waals surface area contributed by atoms with Gasteiger partial charge in [0.25, 0.3) is 0 Å². The van der Waals surface area contributed by atoms with Crippen molar-refractivity contribution in [1.29, 1.82) is 0 Å². The molecule has 1 fully saturated rings. The Kier molecular flexibility index (Phi) is 6.37. The smallest absolute Gasteiger partial charge is 0.223 e. The Morgan fingerprint density at radius 3 is 2.76 bits per heavy atom. The van der Waals surface area contributed by atoms with Crippen LogP contribution in [0.2, 0.25) is 5.02 Å². The predicted molar refractivity (Wildman–Crippen MR) is 88.9 cm³/mol. The number of anilines is 1. The van der Waals surface area contributed by atoms with Crippen molar-refractivity contribution in [3.05, 3.63) is 29.3 Å². The molecule has 1 heterocycles. The summed E-state index contributed by atoms with van der Waals surface area (Å²) in [6.07, 6.45) is 5.31. The highest BCUT2D eigenvalue weighted by Crippen LogP contribution is 2.25. The third kappa shape index (κ3) is 4.92. The van der Waals surface area contributed by atoms with Gasteiger partial charge >= 0.3 is 0 Å². The number of benzene rings is 1. The molecule has 0 unspecified atom stereocenters. The number of hydrogen-bond donors (Lipinski definition) is 1. The van der Waals surface area contributed by atoms with Gasteiger partial charge in [-0.1, -0.05) is 37.4 Å². The Morgan fingerprint density at radius 2 is 2.10 bits per heavy atom. The van der Waals surface area contributed by atoms with E-state index in [4.69, 9.17) is 11.6 Å². The molecule has 0 aliphatic carbocycles. The molecule has 1 N–H and O–H groups in total. The Labute approximate surface area is 132 Å². The highest BCUT2D eigenvalue weighted by molar-refractivity contribution is 6.30. The molecule has 0 bridgehead atoms. The maximum atomic E-state index is 12.1. The molecular formula is C17H25ClN2O. The van der Waals surface area contributed by atoms with Gasteiger partial charge in [-0.3, -0.25) is 4.79 Å². The van der Waals surface area contributed by atoms with E-state index < -0.39 is 0 Å². The molecule has 0 atom stereocenters. The summed E-state index contributed by atoms with van der Waals surface area (Å²) in [7, 11) is 0. The average Bonchev–Trinajstić information content (AvgIpc) is 2.51. The Hall–Kier alpha value is -1.22. The van der Waals surface area contributed by atoms with E-state index in [-0.39, 0.29) is 11.8 Å². The second-order valence-corrected chi connectivity index (χ2v) is 6.18. The highest BCUT2D eigenvalue weighted by Gasteiger charge is 2.24. The monoisotopic (exact) mass is 308 g/mol. The Morgan fingerprint density at radius 1 is 1.33 bits per heavy atom. The molecule has 0 aromatic heterocycles. The first kappa shape index (κ1) is 16.2. The zero-order valence-corrected chi connectivity index (χ0v) is 13.5. The minimum Gasteiger partial charge on any atom is -0.371 e. The van der Waals surface area contributed by atoms with Crippen LogP contribution in [0, 0.1) is 5.92 Å². The van der Waals surface area contributed by atoms with E-state index in [1.807, 2.05) is 18.2 Å². The number of carbonyl (C=O) groups excluding carboxylic acids is 1. The van der Waals surface area contributed by atoms with Gasteiger partial charge in [-0.05, 0) is 37.5 Å². The molecule has 0 saturated carbocycles. The zero-order chi connectivity index (χ0) is 15.1. The van der Waals surface area contributed by atoms with E-state index in [1.165, 1.54) is 12.8 Å². The molecule has 3 nitrogen and oxygen atoms in total. The third-order valence-corrected chi connectivity index (χ3v) is 4.35. The van der Waals surface area contributed by atoms with Gasteiger partial charge in [0, 0.05) is 36.3 Å². The molecule has 1 amide bonds. The van der Waals surface area contributed by atoms with E-state index in [9.17, 15) is 4.79 Å². The van der Waals surface area contributed by atoms with Gasteiger partial charge in [-0.2, -0.15) is 0 Å². The van der Waals surface area contributed by atoms with Crippen LogP contribution in [0.4, 0.5) is 5.69 Å². The normalized spacial score (nSPS) is 16.0. The number of nitrogens with zero attached hydrogens (tertiary/aromatic N) is 1. The van der Waals surface area contributed by atoms with Gasteiger partial charge in [-0.25, -0.2) is 0 Å². The van der Waals surface area contributed by atoms with Crippen LogP contribution in [0.25, 0.3) is 0 Å². The van der Waals surface area contributed by atoms with Gasteiger partial charge in [0.15, 0.2) is 0 Å². The molecule has 1 aromatic carbocycles. The first-order valence-corrected chi connectivity index (χ1v) is 8.36. The summed E-state index contributed by atoms with van der Waals surface area (Å²) in [5.74, 6) is 0.402. The first-order chi connectivity index (χ1) is 10.2. The molecule has 4 heteroatoms. The molecule has 0 spiro atoms. The number of carbonyl (C=O) groups is 1. The van der Waals surface area contributed by atoms with Crippen molar-refractivity contribution in [3.8, 4) is 0 Å². The minimum atomic E-state index is 0.169. The lowest BCUT2D eigenvalue weighted by molar-refractivity contribution is -0.125. The fourth-order valence-corrected chi connectivity index (χ4v) is 2.99. The second kappa shape index (κ2) is 8.28. The van der Waals surface area contributed by atoms with Crippen molar-refractivity contribution in [3.63, 3.8) is 0 Å². The maximum Gasteiger partial charge on any atom is 0.223 e. The van der Waals surface area contributed by atoms with Crippen LogP contribution >= 0.6 is 11.6 Å². The van der Waals surface area contributed by atoms with Gasteiger partial charge < -0.3 is 10.2 Å². The topological polar surface area (TPSA) is 32.3 Å². The maximum absolute atomic E-state index is 12.1. The molecular weight excluding hydrogens is 284 g/mol. The van der Waals surface area contributed by atoms with Crippen LogP contribution < -0.4 is 10.2 Å². The molecule has 2 rings (SSSR count). The van der Waals surface area contributed by atoms with Crippen molar-refractivity contribution in [2.24, 2.45) is 5.92 Å². The van der Waals surface area contributed by atoms with E-state index in [0.29, 0.717) is 0 Å². The molecule has 1 saturated heterocycles. The lowest BCUT2D eigenvalue weighted by Crippen LogP contribution is -2.40. The summed E-state index contributed by atoms with van der Waals surface area (Å²) < 4.78 is 0. The quantitative estimate of drug-likeness (QED) is 0.809. The van der Waals surface area contributed by atoms with E-state index in [1.54, 1.807) is 0 Å². The summed E-state index contributed by atoms with van der Waals surface area (Å²) in [5, 5.41) is 3.84. The van der Waals surface area contributed by atoms with Crippen molar-refractivity contribution >= 4 is 23.2 Å². The Balaban J connectivity index is 1.76. The van der Waals surface area contributed by atoms with Gasteiger partial charge in [-0.15, -0.1) is 0 Å².